The maximum Gasteiger partial charge on any atom is 0.416 e. The molecule has 0 saturated heterocycles. The number of alkyl halides is 6. The molecule has 0 N–H and O–H groups in total. The maximum absolute atomic E-state index is 12.7. The standard InChI is InChI=1S/2C18H15F3O2.C18H18O2.3C17H15NO4/c1-12-3-10-17(23-2)15(11-12)16(22)9-6-13-4-7-14(8-5-13)18(19,20)21;1-12-6-9-17(23-2)15(10-12)16(22)8-7-13-4-3-5-14(11-13)18(19,20)21;1-13-8-11-18(20-3)16(12-13)17(19)10-9-15-7-5-4-6-14(15)2;1-12-3-10-17(22-2)15(11-12)16(19)9-6-13-4-7-14(8-5-13)18(20)21;1-12-6-9-17(22-2)15(10-12)16(19)8-7-13-4-3-5-14(11-13)18(20)21;1-12-7-10-17(22-2)14(11-12)16(19)9-8-13-5-3-4-6-15(13)18(20)21/h2*3-11H,1-2H3;4-12H,1-3H3;3*3-11H,1-2H3/b9-6+;8-7+;10-9+;9-6+;8-7+;9-8+. The van der Waals surface area contributed by atoms with E-state index in [4.69, 9.17) is 28.4 Å². The SMILES string of the molecule is COc1ccc(C)cc1C(=O)/C=C/c1ccc(C(F)(F)F)cc1.COc1ccc(C)cc1C(=O)/C=C/c1ccc([N+](=O)[O-])cc1.COc1ccc(C)cc1C(=O)/C=C/c1cccc(C(F)(F)F)c1.COc1ccc(C)cc1C(=O)/C=C/c1cccc([N+](=O)[O-])c1.COc1ccc(C)cc1C(=O)/C=C/c1ccccc1C.COc1ccc(C)cc1C(=O)/C=C/c1ccccc1[N+](=O)[O-]. The molecule has 0 saturated carbocycles. The Kier molecular flexibility index (Phi) is 38.7. The first kappa shape index (κ1) is 103. The summed E-state index contributed by atoms with van der Waals surface area (Å²) in [6, 6.07) is 67.8. The third kappa shape index (κ3) is 31.6. The van der Waals surface area contributed by atoms with Gasteiger partial charge < -0.3 is 28.4 Å². The second-order valence-electron chi connectivity index (χ2n) is 29.0. The summed E-state index contributed by atoms with van der Waals surface area (Å²) >= 11 is 0. The summed E-state index contributed by atoms with van der Waals surface area (Å²) in [6.45, 7) is 13.3. The first-order chi connectivity index (χ1) is 62.8. The van der Waals surface area contributed by atoms with Crippen molar-refractivity contribution in [1.82, 2.24) is 0 Å². The van der Waals surface area contributed by atoms with Crippen LogP contribution in [0.2, 0.25) is 0 Å². The number of non-ortho nitro benzene ring substituents is 2. The van der Waals surface area contributed by atoms with Crippen LogP contribution in [-0.4, -0.2) is 92.1 Å². The van der Waals surface area contributed by atoms with Crippen LogP contribution in [-0.2, 0) is 12.4 Å². The summed E-state index contributed by atoms with van der Waals surface area (Å²) in [5, 5.41) is 32.3. The second kappa shape index (κ2) is 49.7. The molecule has 0 aliphatic carbocycles. The molecule has 0 bridgehead atoms. The molecule has 21 nitrogen and oxygen atoms in total. The van der Waals surface area contributed by atoms with E-state index >= 15 is 0 Å². The van der Waals surface area contributed by atoms with E-state index < -0.39 is 38.2 Å². The van der Waals surface area contributed by atoms with Gasteiger partial charge in [-0.05, 0) is 240 Å². The molecule has 12 aromatic carbocycles. The van der Waals surface area contributed by atoms with Crippen molar-refractivity contribution in [2.24, 2.45) is 0 Å². The first-order valence-electron chi connectivity index (χ1n) is 40.1. The van der Waals surface area contributed by atoms with Gasteiger partial charge in [0.25, 0.3) is 17.1 Å². The molecule has 0 fully saturated rings. The molecule has 0 atom stereocenters. The number of hydrogen-bond donors (Lipinski definition) is 0. The first-order valence-corrected chi connectivity index (χ1v) is 40.1. The summed E-state index contributed by atoms with van der Waals surface area (Å²) in [7, 11) is 9.02. The zero-order valence-electron chi connectivity index (χ0n) is 74.1. The van der Waals surface area contributed by atoms with Crippen molar-refractivity contribution >= 4 is 88.2 Å². The number of halogens is 6. The number of carbonyl (C=O) groups is 6. The molecule has 12 rings (SSSR count). The molecule has 0 heterocycles. The lowest BCUT2D eigenvalue weighted by Crippen LogP contribution is -2.04. The van der Waals surface area contributed by atoms with E-state index in [0.717, 1.165) is 68.8 Å². The number of hydrogen-bond acceptors (Lipinski definition) is 18. The average Bonchev–Trinajstić information content (AvgIpc) is 0.861. The van der Waals surface area contributed by atoms with Gasteiger partial charge in [-0.15, -0.1) is 0 Å². The van der Waals surface area contributed by atoms with Crippen molar-refractivity contribution < 1.29 is 98.3 Å². The van der Waals surface area contributed by atoms with Crippen LogP contribution in [0.25, 0.3) is 36.5 Å². The van der Waals surface area contributed by atoms with Crippen molar-refractivity contribution in [1.29, 1.82) is 0 Å². The molecule has 132 heavy (non-hydrogen) atoms. The number of aryl methyl sites for hydroxylation is 7. The number of nitro benzene ring substituents is 3. The van der Waals surface area contributed by atoms with Crippen LogP contribution in [0.4, 0.5) is 43.4 Å². The van der Waals surface area contributed by atoms with Crippen LogP contribution < -0.4 is 28.4 Å². The number of ketones is 6. The Bertz CT molecular complexity index is 6350. The summed E-state index contributed by atoms with van der Waals surface area (Å²) in [5.74, 6) is 1.67. The van der Waals surface area contributed by atoms with E-state index in [1.165, 1.54) is 139 Å². The van der Waals surface area contributed by atoms with Crippen molar-refractivity contribution in [2.45, 2.75) is 60.8 Å². The van der Waals surface area contributed by atoms with Crippen LogP contribution >= 0.6 is 0 Å². The Morgan fingerprint density at radius 2 is 0.545 bits per heavy atom. The lowest BCUT2D eigenvalue weighted by molar-refractivity contribution is -0.385. The number of carbonyl (C=O) groups excluding carboxylic acids is 6. The van der Waals surface area contributed by atoms with Gasteiger partial charge in [0.1, 0.15) is 34.5 Å². The van der Waals surface area contributed by atoms with Crippen molar-refractivity contribution in [3.8, 4) is 34.5 Å². The quantitative estimate of drug-likeness (QED) is 0.0152. The molecule has 0 aromatic heterocycles. The number of nitro groups is 3. The molecule has 0 spiro atoms. The average molecular weight is 1800 g/mol. The fourth-order valence-electron chi connectivity index (χ4n) is 12.3. The fourth-order valence-corrected chi connectivity index (χ4v) is 12.3. The summed E-state index contributed by atoms with van der Waals surface area (Å²) < 4.78 is 107. The highest BCUT2D eigenvalue weighted by atomic mass is 19.4. The fraction of sp³-hybridized carbons (Fsp3) is 0.143. The number of methoxy groups -OCH3 is 6. The van der Waals surface area contributed by atoms with E-state index in [0.29, 0.717) is 95.7 Å². The van der Waals surface area contributed by atoms with Crippen LogP contribution in [0.15, 0.2) is 291 Å². The predicted octanol–water partition coefficient (Wildman–Crippen LogP) is 25.5. The minimum Gasteiger partial charge on any atom is -0.496 e. The largest absolute Gasteiger partial charge is 0.496 e. The van der Waals surface area contributed by atoms with E-state index in [9.17, 15) is 85.5 Å². The number of rotatable bonds is 27. The highest BCUT2D eigenvalue weighted by Gasteiger charge is 2.31. The van der Waals surface area contributed by atoms with Gasteiger partial charge in [-0.2, -0.15) is 26.3 Å². The van der Waals surface area contributed by atoms with Gasteiger partial charge in [0.2, 0.25) is 0 Å². The Balaban J connectivity index is 0.000000217. The van der Waals surface area contributed by atoms with Gasteiger partial charge >= 0.3 is 12.4 Å². The third-order valence-electron chi connectivity index (χ3n) is 19.2. The summed E-state index contributed by atoms with van der Waals surface area (Å²) in [6.07, 6.45) is 8.82. The summed E-state index contributed by atoms with van der Waals surface area (Å²) in [5.41, 5.74) is 11.6. The van der Waals surface area contributed by atoms with Gasteiger partial charge in [-0.25, -0.2) is 0 Å². The summed E-state index contributed by atoms with van der Waals surface area (Å²) in [4.78, 5) is 104. The second-order valence-corrected chi connectivity index (χ2v) is 29.0. The topological polar surface area (TPSA) is 287 Å². The lowest BCUT2D eigenvalue weighted by atomic mass is 10.0. The Morgan fingerprint density at radius 3 is 0.856 bits per heavy atom. The minimum atomic E-state index is -4.41. The Labute approximate surface area is 759 Å². The normalized spacial score (nSPS) is 11.0. The van der Waals surface area contributed by atoms with Crippen molar-refractivity contribution in [3.63, 3.8) is 0 Å². The van der Waals surface area contributed by atoms with E-state index in [1.807, 2.05) is 127 Å². The van der Waals surface area contributed by atoms with Crippen LogP contribution in [0, 0.1) is 78.8 Å². The Hall–Kier alpha value is -16.3. The lowest BCUT2D eigenvalue weighted by Gasteiger charge is -2.07. The van der Waals surface area contributed by atoms with Gasteiger partial charge in [0.15, 0.2) is 34.7 Å². The third-order valence-corrected chi connectivity index (χ3v) is 19.2. The smallest absolute Gasteiger partial charge is 0.416 e. The number of ether oxygens (including phenoxy) is 6. The van der Waals surface area contributed by atoms with E-state index in [2.05, 4.69) is 0 Å². The van der Waals surface area contributed by atoms with E-state index in [1.54, 1.807) is 128 Å². The molecule has 12 aromatic rings. The number of nitrogens with zero attached hydrogens (tertiary/aromatic N) is 3. The predicted molar refractivity (Wildman–Crippen MR) is 500 cm³/mol. The zero-order chi connectivity index (χ0) is 96.9. The molecule has 0 aliphatic heterocycles. The monoisotopic (exact) mass is 1800 g/mol. The van der Waals surface area contributed by atoms with Crippen molar-refractivity contribution in [3.05, 3.63) is 438 Å². The molecular weight excluding hydrogens is 1710 g/mol. The zero-order valence-corrected chi connectivity index (χ0v) is 74.1. The number of benzene rings is 12. The molecule has 0 amide bonds. The molecule has 27 heteroatoms. The van der Waals surface area contributed by atoms with Crippen LogP contribution in [0.5, 0.6) is 34.5 Å². The highest BCUT2D eigenvalue weighted by molar-refractivity contribution is 6.12. The molecule has 0 aliphatic rings. The van der Waals surface area contributed by atoms with Gasteiger partial charge in [-0.1, -0.05) is 173 Å². The molecule has 0 unspecified atom stereocenters. The molecule has 0 radical (unpaired) electrons. The molecule has 678 valence electrons. The minimum absolute atomic E-state index is 0.0114. The Morgan fingerprint density at radius 1 is 0.265 bits per heavy atom. The van der Waals surface area contributed by atoms with Gasteiger partial charge in [0, 0.05) is 30.3 Å². The maximum atomic E-state index is 12.7. The number of para-hydroxylation sites is 1. The van der Waals surface area contributed by atoms with Crippen LogP contribution in [0.3, 0.4) is 0 Å². The molecular formula is C105H93F6N3O18. The van der Waals surface area contributed by atoms with Gasteiger partial charge in [-0.3, -0.25) is 59.1 Å². The van der Waals surface area contributed by atoms with Crippen LogP contribution in [0.1, 0.15) is 146 Å². The van der Waals surface area contributed by atoms with E-state index in [-0.39, 0.29) is 51.8 Å². The van der Waals surface area contributed by atoms with Crippen molar-refractivity contribution in [2.75, 3.05) is 42.7 Å². The number of allylic oxidation sites excluding steroid dienone is 6. The highest BCUT2D eigenvalue weighted by Crippen LogP contribution is 2.34. The van der Waals surface area contributed by atoms with Gasteiger partial charge in [0.05, 0.1) is 107 Å².